The van der Waals surface area contributed by atoms with Crippen molar-refractivity contribution >= 4 is 11.9 Å². The van der Waals surface area contributed by atoms with Crippen LogP contribution < -0.4 is 0 Å². The van der Waals surface area contributed by atoms with Gasteiger partial charge in [-0.15, -0.1) is 0 Å². The normalized spacial score (nSPS) is 25.9. The molecule has 3 nitrogen and oxygen atoms in total. The van der Waals surface area contributed by atoms with Crippen molar-refractivity contribution in [2.24, 2.45) is 4.99 Å². The fraction of sp³-hybridized carbons (Fsp3) is 0.636. The molecule has 0 N–H and O–H groups in total. The molecular formula is C11H17NO2. The quantitative estimate of drug-likeness (QED) is 0.646. The van der Waals surface area contributed by atoms with Gasteiger partial charge in [-0.2, -0.15) is 0 Å². The first-order valence-corrected chi connectivity index (χ1v) is 4.97. The van der Waals surface area contributed by atoms with E-state index in [2.05, 4.69) is 18.5 Å². The molecule has 78 valence electrons. The highest BCUT2D eigenvalue weighted by atomic mass is 16.6. The highest BCUT2D eigenvalue weighted by Crippen LogP contribution is 2.27. The van der Waals surface area contributed by atoms with Crippen molar-refractivity contribution in [1.29, 1.82) is 0 Å². The molecule has 1 aliphatic heterocycles. The molecule has 0 amide bonds. The van der Waals surface area contributed by atoms with Crippen LogP contribution in [-0.2, 0) is 9.53 Å². The predicted molar refractivity (Wildman–Crippen MR) is 56.3 cm³/mol. The second kappa shape index (κ2) is 3.95. The molecule has 0 saturated carbocycles. The number of rotatable bonds is 4. The summed E-state index contributed by atoms with van der Waals surface area (Å²) >= 11 is 0. The van der Waals surface area contributed by atoms with Crippen molar-refractivity contribution in [1.82, 2.24) is 0 Å². The Morgan fingerprint density at radius 2 is 2.29 bits per heavy atom. The first-order chi connectivity index (χ1) is 6.49. The number of unbranched alkanes of at least 4 members (excludes halogenated alkanes) is 1. The molecule has 0 spiro atoms. The van der Waals surface area contributed by atoms with Gasteiger partial charge < -0.3 is 4.74 Å². The van der Waals surface area contributed by atoms with Crippen molar-refractivity contribution in [3.63, 3.8) is 0 Å². The standard InChI is InChI=1S/C11H17NO2/c1-5-6-7-11(4)10(13)14-9(12-11)8(2)3/h2,5-7H2,1,3-4H3. The Morgan fingerprint density at radius 3 is 2.71 bits per heavy atom. The Bertz CT molecular complexity index is 294. The lowest BCUT2D eigenvalue weighted by Gasteiger charge is -2.14. The van der Waals surface area contributed by atoms with Gasteiger partial charge in [0, 0.05) is 5.57 Å². The highest BCUT2D eigenvalue weighted by Gasteiger charge is 2.40. The first-order valence-electron chi connectivity index (χ1n) is 4.97. The fourth-order valence-electron chi connectivity index (χ4n) is 1.35. The maximum absolute atomic E-state index is 11.5. The van der Waals surface area contributed by atoms with Gasteiger partial charge in [-0.1, -0.05) is 26.3 Å². The van der Waals surface area contributed by atoms with E-state index in [1.165, 1.54) is 0 Å². The van der Waals surface area contributed by atoms with E-state index >= 15 is 0 Å². The number of carbonyl (C=O) groups excluding carboxylic acids is 1. The Labute approximate surface area is 84.9 Å². The van der Waals surface area contributed by atoms with Gasteiger partial charge in [-0.05, 0) is 20.3 Å². The predicted octanol–water partition coefficient (Wildman–Crippen LogP) is 2.47. The van der Waals surface area contributed by atoms with Crippen molar-refractivity contribution in [2.75, 3.05) is 0 Å². The molecule has 1 aliphatic rings. The summed E-state index contributed by atoms with van der Waals surface area (Å²) in [6.45, 7) is 9.41. The molecule has 0 fully saturated rings. The molecule has 0 aromatic carbocycles. The van der Waals surface area contributed by atoms with E-state index in [0.29, 0.717) is 11.5 Å². The minimum Gasteiger partial charge on any atom is -0.406 e. The minimum atomic E-state index is -0.676. The number of esters is 1. The maximum Gasteiger partial charge on any atom is 0.340 e. The van der Waals surface area contributed by atoms with Gasteiger partial charge in [0.1, 0.15) is 0 Å². The Kier molecular flexibility index (Phi) is 3.09. The SMILES string of the molecule is C=C(C)C1=NC(C)(CCCC)C(=O)O1. The van der Waals surface area contributed by atoms with Gasteiger partial charge in [0.05, 0.1) is 0 Å². The summed E-state index contributed by atoms with van der Waals surface area (Å²) in [5.74, 6) is 0.151. The van der Waals surface area contributed by atoms with Crippen LogP contribution in [0.1, 0.15) is 40.0 Å². The van der Waals surface area contributed by atoms with E-state index in [1.807, 2.05) is 6.92 Å². The summed E-state index contributed by atoms with van der Waals surface area (Å²) in [4.78, 5) is 15.8. The molecule has 1 atom stereocenters. The van der Waals surface area contributed by atoms with Gasteiger partial charge in [0.15, 0.2) is 5.54 Å². The summed E-state index contributed by atoms with van der Waals surface area (Å²) in [7, 11) is 0. The van der Waals surface area contributed by atoms with Crippen LogP contribution in [0.2, 0.25) is 0 Å². The summed E-state index contributed by atoms with van der Waals surface area (Å²) in [5.41, 5.74) is 0.0307. The van der Waals surface area contributed by atoms with Crippen molar-refractivity contribution in [2.45, 2.75) is 45.6 Å². The highest BCUT2D eigenvalue weighted by molar-refractivity contribution is 6.06. The van der Waals surface area contributed by atoms with Crippen molar-refractivity contribution in [3.8, 4) is 0 Å². The number of hydrogen-bond donors (Lipinski definition) is 0. The van der Waals surface area contributed by atoms with E-state index in [9.17, 15) is 4.79 Å². The van der Waals surface area contributed by atoms with Crippen LogP contribution >= 0.6 is 0 Å². The van der Waals surface area contributed by atoms with Crippen LogP contribution in [0.3, 0.4) is 0 Å². The molecule has 0 aromatic rings. The van der Waals surface area contributed by atoms with Crippen LogP contribution in [0.15, 0.2) is 17.1 Å². The zero-order valence-corrected chi connectivity index (χ0v) is 9.09. The zero-order chi connectivity index (χ0) is 10.8. The number of ether oxygens (including phenoxy) is 1. The summed E-state index contributed by atoms with van der Waals surface area (Å²) in [5, 5.41) is 0. The monoisotopic (exact) mass is 195 g/mol. The third kappa shape index (κ3) is 2.03. The average Bonchev–Trinajstić information content (AvgIpc) is 2.41. The molecule has 0 aliphatic carbocycles. The molecule has 1 unspecified atom stereocenters. The zero-order valence-electron chi connectivity index (χ0n) is 9.09. The molecule has 0 aromatic heterocycles. The van der Waals surface area contributed by atoms with E-state index in [4.69, 9.17) is 4.74 Å². The molecule has 3 heteroatoms. The molecule has 14 heavy (non-hydrogen) atoms. The third-order valence-corrected chi connectivity index (χ3v) is 2.36. The first kappa shape index (κ1) is 11.0. The van der Waals surface area contributed by atoms with Crippen molar-refractivity contribution < 1.29 is 9.53 Å². The number of aliphatic imine (C=N–C) groups is 1. The van der Waals surface area contributed by atoms with Gasteiger partial charge in [0.25, 0.3) is 0 Å². The third-order valence-electron chi connectivity index (χ3n) is 2.36. The average molecular weight is 195 g/mol. The van der Waals surface area contributed by atoms with Crippen LogP contribution in [0.4, 0.5) is 0 Å². The van der Waals surface area contributed by atoms with E-state index in [0.717, 1.165) is 19.3 Å². The van der Waals surface area contributed by atoms with E-state index in [1.54, 1.807) is 6.92 Å². The fourth-order valence-corrected chi connectivity index (χ4v) is 1.35. The minimum absolute atomic E-state index is 0.246. The maximum atomic E-state index is 11.5. The molecule has 1 heterocycles. The smallest absolute Gasteiger partial charge is 0.340 e. The molecular weight excluding hydrogens is 178 g/mol. The number of cyclic esters (lactones) is 1. The molecule has 0 radical (unpaired) electrons. The van der Waals surface area contributed by atoms with Gasteiger partial charge in [0.2, 0.25) is 5.90 Å². The second-order valence-electron chi connectivity index (χ2n) is 3.96. The number of nitrogens with zero attached hydrogens (tertiary/aromatic N) is 1. The Morgan fingerprint density at radius 1 is 1.64 bits per heavy atom. The van der Waals surface area contributed by atoms with Gasteiger partial charge in [-0.25, -0.2) is 9.79 Å². The number of carbonyl (C=O) groups is 1. The van der Waals surface area contributed by atoms with Gasteiger partial charge >= 0.3 is 5.97 Å². The Balaban J connectivity index is 2.78. The molecule has 0 saturated heterocycles. The van der Waals surface area contributed by atoms with E-state index < -0.39 is 5.54 Å². The molecule has 1 rings (SSSR count). The Hall–Kier alpha value is -1.12. The van der Waals surface area contributed by atoms with Crippen molar-refractivity contribution in [3.05, 3.63) is 12.2 Å². The van der Waals surface area contributed by atoms with Crippen LogP contribution in [0.5, 0.6) is 0 Å². The topological polar surface area (TPSA) is 38.7 Å². The lowest BCUT2D eigenvalue weighted by molar-refractivity contribution is -0.138. The second-order valence-corrected chi connectivity index (χ2v) is 3.96. The van der Waals surface area contributed by atoms with Crippen LogP contribution in [0, 0.1) is 0 Å². The summed E-state index contributed by atoms with van der Waals surface area (Å²) in [6, 6.07) is 0. The summed E-state index contributed by atoms with van der Waals surface area (Å²) in [6.07, 6.45) is 2.79. The lowest BCUT2D eigenvalue weighted by atomic mass is 9.96. The van der Waals surface area contributed by atoms with E-state index in [-0.39, 0.29) is 5.97 Å². The van der Waals surface area contributed by atoms with Crippen LogP contribution in [0.25, 0.3) is 0 Å². The van der Waals surface area contributed by atoms with Gasteiger partial charge in [-0.3, -0.25) is 0 Å². The largest absolute Gasteiger partial charge is 0.406 e. The summed E-state index contributed by atoms with van der Waals surface area (Å²) < 4.78 is 5.05. The van der Waals surface area contributed by atoms with Crippen LogP contribution in [-0.4, -0.2) is 17.4 Å². The lowest BCUT2D eigenvalue weighted by Crippen LogP contribution is -2.29. The molecule has 0 bridgehead atoms. The number of hydrogen-bond acceptors (Lipinski definition) is 3.